The molecule has 21 heavy (non-hydrogen) atoms. The van der Waals surface area contributed by atoms with E-state index in [0.717, 1.165) is 12.2 Å². The lowest BCUT2D eigenvalue weighted by Gasteiger charge is -2.27. The number of nitrogens with zero attached hydrogens (tertiary/aromatic N) is 2. The van der Waals surface area contributed by atoms with Gasteiger partial charge >= 0.3 is 0 Å². The van der Waals surface area contributed by atoms with Gasteiger partial charge in [0.05, 0.1) is 11.3 Å². The molecule has 1 aromatic heterocycles. The lowest BCUT2D eigenvalue weighted by atomic mass is 10.1. The molecule has 0 spiro atoms. The van der Waals surface area contributed by atoms with Crippen LogP contribution < -0.4 is 11.3 Å². The quantitative estimate of drug-likeness (QED) is 0.632. The van der Waals surface area contributed by atoms with E-state index in [-0.39, 0.29) is 23.0 Å². The first-order valence-corrected chi connectivity index (χ1v) is 6.63. The second-order valence-electron chi connectivity index (χ2n) is 5.15. The topological polar surface area (TPSA) is 115 Å². The Labute approximate surface area is 120 Å². The van der Waals surface area contributed by atoms with Crippen LogP contribution in [0.1, 0.15) is 16.8 Å². The maximum absolute atomic E-state index is 11.9. The molecule has 0 aliphatic carbocycles. The van der Waals surface area contributed by atoms with Gasteiger partial charge in [0.15, 0.2) is 0 Å². The number of aromatic hydroxyl groups is 2. The molecule has 2 aromatic rings. The van der Waals surface area contributed by atoms with Crippen LogP contribution in [0, 0.1) is 0 Å². The molecular weight excluding hydrogens is 272 g/mol. The Bertz CT molecular complexity index is 741. The van der Waals surface area contributed by atoms with Gasteiger partial charge in [-0.3, -0.25) is 14.7 Å². The monoisotopic (exact) mass is 288 g/mol. The lowest BCUT2D eigenvalue weighted by Crippen LogP contribution is -2.35. The Hall–Kier alpha value is -2.54. The zero-order chi connectivity index (χ0) is 15.0. The van der Waals surface area contributed by atoms with Gasteiger partial charge in [0.2, 0.25) is 5.95 Å². The van der Waals surface area contributed by atoms with Gasteiger partial charge in [0.25, 0.3) is 5.56 Å². The molecule has 0 saturated carbocycles. The van der Waals surface area contributed by atoms with Crippen LogP contribution in [0.25, 0.3) is 0 Å². The van der Waals surface area contributed by atoms with Crippen molar-refractivity contribution in [2.75, 3.05) is 12.3 Å². The van der Waals surface area contributed by atoms with E-state index in [9.17, 15) is 15.0 Å². The summed E-state index contributed by atoms with van der Waals surface area (Å²) in [5.74, 6) is 0.213. The van der Waals surface area contributed by atoms with Gasteiger partial charge in [0.1, 0.15) is 11.5 Å². The van der Waals surface area contributed by atoms with E-state index >= 15 is 0 Å². The number of aromatic nitrogens is 2. The van der Waals surface area contributed by atoms with E-state index in [4.69, 9.17) is 5.73 Å². The van der Waals surface area contributed by atoms with E-state index in [1.54, 1.807) is 6.07 Å². The van der Waals surface area contributed by atoms with Crippen LogP contribution in [0.2, 0.25) is 0 Å². The summed E-state index contributed by atoms with van der Waals surface area (Å²) in [7, 11) is 0. The number of nitrogens with two attached hydrogens (primary N) is 1. The first-order chi connectivity index (χ1) is 10.0. The highest BCUT2D eigenvalue weighted by atomic mass is 16.3. The standard InChI is InChI=1S/C14H16N4O3/c15-14-16-11-3-4-18(7-10(11)13(21)17-14)6-8-1-2-9(19)5-12(8)20/h1-2,5,19-20H,3-4,6-7H2,(H3,15,16,17,21). The molecule has 0 bridgehead atoms. The number of hydrogen-bond acceptors (Lipinski definition) is 6. The highest BCUT2D eigenvalue weighted by molar-refractivity contribution is 5.39. The number of fused-ring (bicyclic) bond motifs is 1. The fourth-order valence-corrected chi connectivity index (χ4v) is 2.56. The molecule has 7 heteroatoms. The van der Waals surface area contributed by atoms with E-state index in [0.29, 0.717) is 30.6 Å². The van der Waals surface area contributed by atoms with Gasteiger partial charge in [-0.05, 0) is 6.07 Å². The van der Waals surface area contributed by atoms with Crippen molar-refractivity contribution in [1.29, 1.82) is 0 Å². The largest absolute Gasteiger partial charge is 0.508 e. The third-order valence-electron chi connectivity index (χ3n) is 3.63. The fourth-order valence-electron chi connectivity index (χ4n) is 2.56. The number of hydrogen-bond donors (Lipinski definition) is 4. The predicted molar refractivity (Wildman–Crippen MR) is 76.9 cm³/mol. The minimum atomic E-state index is -0.211. The van der Waals surface area contributed by atoms with Crippen LogP contribution in [0.4, 0.5) is 5.95 Å². The van der Waals surface area contributed by atoms with Crippen molar-refractivity contribution in [2.24, 2.45) is 0 Å². The third-order valence-corrected chi connectivity index (χ3v) is 3.63. The number of nitrogens with one attached hydrogen (secondary N) is 1. The summed E-state index contributed by atoms with van der Waals surface area (Å²) < 4.78 is 0. The molecule has 0 atom stereocenters. The first-order valence-electron chi connectivity index (χ1n) is 6.63. The van der Waals surface area contributed by atoms with Gasteiger partial charge in [-0.25, -0.2) is 4.98 Å². The van der Waals surface area contributed by atoms with Crippen molar-refractivity contribution in [3.63, 3.8) is 0 Å². The second kappa shape index (κ2) is 5.10. The van der Waals surface area contributed by atoms with E-state index in [1.807, 2.05) is 4.90 Å². The molecule has 7 nitrogen and oxygen atoms in total. The third kappa shape index (κ3) is 2.68. The van der Waals surface area contributed by atoms with Crippen molar-refractivity contribution < 1.29 is 10.2 Å². The van der Waals surface area contributed by atoms with Crippen molar-refractivity contribution in [2.45, 2.75) is 19.5 Å². The molecule has 110 valence electrons. The number of anilines is 1. The minimum Gasteiger partial charge on any atom is -0.508 e. The zero-order valence-corrected chi connectivity index (χ0v) is 11.3. The van der Waals surface area contributed by atoms with E-state index in [2.05, 4.69) is 9.97 Å². The van der Waals surface area contributed by atoms with Crippen molar-refractivity contribution in [3.05, 3.63) is 45.4 Å². The van der Waals surface area contributed by atoms with Gasteiger partial charge in [-0.15, -0.1) is 0 Å². The summed E-state index contributed by atoms with van der Waals surface area (Å²) >= 11 is 0. The molecule has 3 rings (SSSR count). The van der Waals surface area contributed by atoms with Crippen molar-refractivity contribution >= 4 is 5.95 Å². The summed E-state index contributed by atoms with van der Waals surface area (Å²) in [6, 6.07) is 4.51. The first kappa shape index (κ1) is 13.4. The molecule has 0 saturated heterocycles. The maximum atomic E-state index is 11.9. The number of rotatable bonds is 2. The molecule has 0 fully saturated rings. The van der Waals surface area contributed by atoms with Crippen LogP contribution in [-0.4, -0.2) is 31.6 Å². The highest BCUT2D eigenvalue weighted by Gasteiger charge is 2.21. The van der Waals surface area contributed by atoms with Gasteiger partial charge < -0.3 is 15.9 Å². The van der Waals surface area contributed by atoms with Crippen LogP contribution in [0.15, 0.2) is 23.0 Å². The summed E-state index contributed by atoms with van der Waals surface area (Å²) in [6.07, 6.45) is 0.641. The number of H-pyrrole nitrogens is 1. The number of aromatic amines is 1. The summed E-state index contributed by atoms with van der Waals surface area (Å²) in [5.41, 5.74) is 7.39. The lowest BCUT2D eigenvalue weighted by molar-refractivity contribution is 0.238. The normalized spacial score (nSPS) is 14.9. The van der Waals surface area contributed by atoms with Crippen LogP contribution in [0.5, 0.6) is 11.5 Å². The predicted octanol–water partition coefficient (Wildman–Crippen LogP) is 0.322. The van der Waals surface area contributed by atoms with Gasteiger partial charge in [-0.1, -0.05) is 6.07 Å². The molecule has 2 heterocycles. The molecule has 1 aromatic carbocycles. The van der Waals surface area contributed by atoms with Crippen LogP contribution in [0.3, 0.4) is 0 Å². The number of phenols is 2. The number of phenolic OH excluding ortho intramolecular Hbond substituents is 2. The van der Waals surface area contributed by atoms with E-state index in [1.165, 1.54) is 12.1 Å². The van der Waals surface area contributed by atoms with Crippen molar-refractivity contribution in [1.82, 2.24) is 14.9 Å². The van der Waals surface area contributed by atoms with Gasteiger partial charge in [-0.2, -0.15) is 0 Å². The Morgan fingerprint density at radius 1 is 1.38 bits per heavy atom. The average molecular weight is 288 g/mol. The van der Waals surface area contributed by atoms with Crippen LogP contribution >= 0.6 is 0 Å². The zero-order valence-electron chi connectivity index (χ0n) is 11.3. The van der Waals surface area contributed by atoms with Gasteiger partial charge in [0, 0.05) is 37.7 Å². The molecule has 5 N–H and O–H groups in total. The Balaban J connectivity index is 1.82. The Kier molecular flexibility index (Phi) is 3.26. The SMILES string of the molecule is Nc1nc2c(c(=O)[nH]1)CN(Cc1ccc(O)cc1O)CC2. The van der Waals surface area contributed by atoms with Crippen molar-refractivity contribution in [3.8, 4) is 11.5 Å². The summed E-state index contributed by atoms with van der Waals surface area (Å²) in [5, 5.41) is 19.1. The second-order valence-corrected chi connectivity index (χ2v) is 5.15. The fraction of sp³-hybridized carbons (Fsp3) is 0.286. The maximum Gasteiger partial charge on any atom is 0.257 e. The molecular formula is C14H16N4O3. The minimum absolute atomic E-state index is 0.0244. The summed E-state index contributed by atoms with van der Waals surface area (Å²) in [4.78, 5) is 20.6. The number of benzene rings is 1. The highest BCUT2D eigenvalue weighted by Crippen LogP contribution is 2.25. The van der Waals surface area contributed by atoms with E-state index < -0.39 is 0 Å². The Morgan fingerprint density at radius 2 is 2.19 bits per heavy atom. The summed E-state index contributed by atoms with van der Waals surface area (Å²) in [6.45, 7) is 1.68. The Morgan fingerprint density at radius 3 is 2.95 bits per heavy atom. The molecule has 0 radical (unpaired) electrons. The smallest absolute Gasteiger partial charge is 0.257 e. The van der Waals surface area contributed by atoms with Crippen LogP contribution in [-0.2, 0) is 19.5 Å². The number of nitrogen functional groups attached to an aromatic ring is 1. The molecule has 0 amide bonds. The average Bonchev–Trinajstić information content (AvgIpc) is 2.42. The molecule has 1 aliphatic heterocycles. The molecule has 0 unspecified atom stereocenters. The molecule has 1 aliphatic rings.